The van der Waals surface area contributed by atoms with Gasteiger partial charge < -0.3 is 9.41 Å². The Kier molecular flexibility index (Phi) is 6.48. The fourth-order valence-electron chi connectivity index (χ4n) is 4.62. The maximum Gasteiger partial charge on any atom is 0.341 e. The minimum Gasteiger partial charge on any atom is -0.515 e. The van der Waals surface area contributed by atoms with Crippen LogP contribution in [-0.2, 0) is 33.4 Å². The van der Waals surface area contributed by atoms with Crippen molar-refractivity contribution in [2.45, 2.75) is 82.9 Å². The molecule has 32 heavy (non-hydrogen) atoms. The molecule has 1 N–H and O–H groups in total. The zero-order chi connectivity index (χ0) is 23.3. The largest absolute Gasteiger partial charge is 0.515 e. The fourth-order valence-corrected chi connectivity index (χ4v) is 7.95. The number of carbonyl (C=O) groups is 2. The summed E-state index contributed by atoms with van der Waals surface area (Å²) >= 11 is 1.76. The third kappa shape index (κ3) is 5.05. The van der Waals surface area contributed by atoms with Gasteiger partial charge in [0.05, 0.1) is 0 Å². The number of thioether (sulfide) groups is 1. The summed E-state index contributed by atoms with van der Waals surface area (Å²) in [4.78, 5) is 31.8. The summed E-state index contributed by atoms with van der Waals surface area (Å²) in [6.45, 7) is 13.2. The SMILES string of the molecule is C[Si](C)(C)NC1C(=O)N2C(C(=O)O[Si](C)(C)C)=C(C[n+]3ccc4c(c3)CCCC4)CS[C@H]12. The molecule has 1 aromatic heterocycles. The summed E-state index contributed by atoms with van der Waals surface area (Å²) in [5.74, 6) is 0.404. The summed E-state index contributed by atoms with van der Waals surface area (Å²) in [5.41, 5.74) is 4.32. The summed E-state index contributed by atoms with van der Waals surface area (Å²) in [5, 5.41) is -0.0318. The maximum absolute atomic E-state index is 13.3. The van der Waals surface area contributed by atoms with Crippen LogP contribution in [0.3, 0.4) is 0 Å². The molecule has 3 aliphatic rings. The van der Waals surface area contributed by atoms with Crippen LogP contribution in [0.15, 0.2) is 29.7 Å². The number of aromatic nitrogens is 1. The molecule has 0 saturated carbocycles. The first-order chi connectivity index (χ1) is 14.9. The number of β-lactam (4-membered cyclic amide) rings is 1. The highest BCUT2D eigenvalue weighted by Gasteiger charge is 2.55. The number of aryl methyl sites for hydroxylation is 2. The highest BCUT2D eigenvalue weighted by molar-refractivity contribution is 8.00. The molecule has 6 nitrogen and oxygen atoms in total. The molecule has 174 valence electrons. The Balaban J connectivity index is 1.64. The van der Waals surface area contributed by atoms with E-state index in [4.69, 9.17) is 4.43 Å². The molecular formula is C23H36N3O3SSi2+. The number of pyridine rings is 1. The molecule has 1 amide bonds. The fraction of sp³-hybridized carbons (Fsp3) is 0.609. The van der Waals surface area contributed by atoms with E-state index in [9.17, 15) is 9.59 Å². The van der Waals surface area contributed by atoms with E-state index in [0.717, 1.165) is 24.2 Å². The minimum absolute atomic E-state index is 0.0000850. The van der Waals surface area contributed by atoms with Gasteiger partial charge in [0.25, 0.3) is 0 Å². The molecular weight excluding hydrogens is 455 g/mol. The Bertz CT molecular complexity index is 968. The second-order valence-electron chi connectivity index (χ2n) is 11.1. The summed E-state index contributed by atoms with van der Waals surface area (Å²) < 4.78 is 8.06. The van der Waals surface area contributed by atoms with Crippen LogP contribution >= 0.6 is 11.8 Å². The van der Waals surface area contributed by atoms with E-state index < -0.39 is 16.6 Å². The van der Waals surface area contributed by atoms with E-state index in [1.165, 1.54) is 24.0 Å². The maximum atomic E-state index is 13.3. The molecule has 1 aromatic rings. The number of rotatable bonds is 6. The Morgan fingerprint density at radius 3 is 2.53 bits per heavy atom. The summed E-state index contributed by atoms with van der Waals surface area (Å²) in [7, 11) is -3.72. The quantitative estimate of drug-likeness (QED) is 0.377. The monoisotopic (exact) mass is 490 g/mol. The average Bonchev–Trinajstić information content (AvgIpc) is 2.69. The lowest BCUT2D eigenvalue weighted by atomic mass is 9.93. The van der Waals surface area contributed by atoms with Crippen molar-refractivity contribution in [3.8, 4) is 0 Å². The van der Waals surface area contributed by atoms with E-state index >= 15 is 0 Å². The van der Waals surface area contributed by atoms with Gasteiger partial charge in [0.1, 0.15) is 25.3 Å². The summed E-state index contributed by atoms with van der Waals surface area (Å²) in [6, 6.07) is 2.01. The topological polar surface area (TPSA) is 62.5 Å². The molecule has 2 aliphatic heterocycles. The van der Waals surface area contributed by atoms with Crippen LogP contribution in [0, 0.1) is 0 Å². The predicted octanol–water partition coefficient (Wildman–Crippen LogP) is 3.19. The Morgan fingerprint density at radius 2 is 1.88 bits per heavy atom. The van der Waals surface area contributed by atoms with Crippen LogP contribution in [0.5, 0.6) is 0 Å². The van der Waals surface area contributed by atoms with E-state index in [2.05, 4.69) is 47.7 Å². The van der Waals surface area contributed by atoms with Gasteiger partial charge in [0.15, 0.2) is 18.9 Å². The summed E-state index contributed by atoms with van der Waals surface area (Å²) in [6.07, 6.45) is 9.11. The molecule has 0 spiro atoms. The molecule has 2 atom stereocenters. The molecule has 1 aliphatic carbocycles. The third-order valence-electron chi connectivity index (χ3n) is 5.94. The predicted molar refractivity (Wildman–Crippen MR) is 133 cm³/mol. The third-order valence-corrected chi connectivity index (χ3v) is 9.26. The van der Waals surface area contributed by atoms with Crippen LogP contribution < -0.4 is 9.55 Å². The molecule has 3 heterocycles. The van der Waals surface area contributed by atoms with E-state index in [1.54, 1.807) is 16.7 Å². The number of nitrogens with one attached hydrogen (secondary N) is 1. The molecule has 0 aromatic carbocycles. The van der Waals surface area contributed by atoms with E-state index in [1.807, 2.05) is 19.6 Å². The first kappa shape index (κ1) is 23.7. The second kappa shape index (κ2) is 8.74. The van der Waals surface area contributed by atoms with Gasteiger partial charge in [-0.1, -0.05) is 19.6 Å². The van der Waals surface area contributed by atoms with Crippen molar-refractivity contribution in [2.75, 3.05) is 5.75 Å². The first-order valence-corrected chi connectivity index (χ1v) is 19.6. The lowest BCUT2D eigenvalue weighted by Crippen LogP contribution is -2.73. The highest BCUT2D eigenvalue weighted by Crippen LogP contribution is 2.41. The van der Waals surface area contributed by atoms with E-state index in [0.29, 0.717) is 12.2 Å². The number of hydrogen-bond acceptors (Lipinski definition) is 5. The van der Waals surface area contributed by atoms with Crippen molar-refractivity contribution in [1.82, 2.24) is 9.88 Å². The van der Waals surface area contributed by atoms with Crippen LogP contribution in [0.1, 0.15) is 24.0 Å². The van der Waals surface area contributed by atoms with Gasteiger partial charge >= 0.3 is 5.97 Å². The number of nitrogens with zero attached hydrogens (tertiary/aromatic N) is 2. The molecule has 1 saturated heterocycles. The standard InChI is InChI=1S/C23H36N3O3SSi2/c1-31(2,3)24-19-21(27)26-20(23(28)29-32(4,5)6)18(15-30-22(19)26)14-25-12-11-16-9-7-8-10-17(16)13-25/h11-13,19,22,24H,7-10,14-15H2,1-6H3/q+1/t19?,22-/m1/s1. The van der Waals surface area contributed by atoms with Crippen LogP contribution in [0.25, 0.3) is 0 Å². The minimum atomic E-state index is -2.09. The average molecular weight is 491 g/mol. The van der Waals surface area contributed by atoms with Gasteiger partial charge in [0, 0.05) is 23.0 Å². The number of fused-ring (bicyclic) bond motifs is 2. The smallest absolute Gasteiger partial charge is 0.341 e. The Labute approximate surface area is 198 Å². The molecule has 9 heteroatoms. The lowest BCUT2D eigenvalue weighted by Gasteiger charge is -2.51. The number of hydrogen-bond donors (Lipinski definition) is 1. The zero-order valence-corrected chi connectivity index (χ0v) is 23.0. The van der Waals surface area contributed by atoms with Crippen LogP contribution in [-0.4, -0.2) is 50.5 Å². The van der Waals surface area contributed by atoms with Gasteiger partial charge in [-0.2, -0.15) is 0 Å². The number of amides is 1. The zero-order valence-electron chi connectivity index (χ0n) is 20.2. The van der Waals surface area contributed by atoms with Gasteiger partial charge in [-0.15, -0.1) is 11.8 Å². The molecule has 1 fully saturated rings. The molecule has 1 unspecified atom stereocenters. The lowest BCUT2D eigenvalue weighted by molar-refractivity contribution is -0.689. The van der Waals surface area contributed by atoms with Crippen molar-refractivity contribution in [2.24, 2.45) is 0 Å². The Hall–Kier alpha value is -1.43. The molecule has 0 bridgehead atoms. The van der Waals surface area contributed by atoms with Gasteiger partial charge in [-0.3, -0.25) is 9.69 Å². The Morgan fingerprint density at radius 1 is 1.19 bits per heavy atom. The van der Waals surface area contributed by atoms with Crippen molar-refractivity contribution in [3.63, 3.8) is 0 Å². The second-order valence-corrected chi connectivity index (χ2v) is 21.4. The molecule has 0 radical (unpaired) electrons. The van der Waals surface area contributed by atoms with Crippen molar-refractivity contribution in [3.05, 3.63) is 40.9 Å². The van der Waals surface area contributed by atoms with Crippen LogP contribution in [0.2, 0.25) is 39.3 Å². The van der Waals surface area contributed by atoms with Gasteiger partial charge in [-0.05, 0) is 50.9 Å². The van der Waals surface area contributed by atoms with Gasteiger partial charge in [-0.25, -0.2) is 9.36 Å². The first-order valence-electron chi connectivity index (χ1n) is 11.6. The van der Waals surface area contributed by atoms with E-state index in [-0.39, 0.29) is 23.3 Å². The van der Waals surface area contributed by atoms with Crippen molar-refractivity contribution in [1.29, 1.82) is 0 Å². The van der Waals surface area contributed by atoms with Crippen molar-refractivity contribution >= 4 is 40.2 Å². The van der Waals surface area contributed by atoms with Crippen molar-refractivity contribution < 1.29 is 18.6 Å². The van der Waals surface area contributed by atoms with Crippen LogP contribution in [0.4, 0.5) is 0 Å². The molecule has 4 rings (SSSR count). The van der Waals surface area contributed by atoms with Gasteiger partial charge in [0.2, 0.25) is 14.2 Å². The number of carbonyl (C=O) groups excluding carboxylic acids is 2. The normalized spacial score (nSPS) is 23.4. The highest BCUT2D eigenvalue weighted by atomic mass is 32.2.